The van der Waals surface area contributed by atoms with Gasteiger partial charge in [-0.3, -0.25) is 4.79 Å². The average Bonchev–Trinajstić information content (AvgIpc) is 1.84. The van der Waals surface area contributed by atoms with E-state index in [0.717, 1.165) is 0 Å². The summed E-state index contributed by atoms with van der Waals surface area (Å²) >= 11 is 3.07. The van der Waals surface area contributed by atoms with E-state index in [2.05, 4.69) is 17.4 Å². The van der Waals surface area contributed by atoms with Gasteiger partial charge in [0.1, 0.15) is 11.8 Å². The van der Waals surface area contributed by atoms with Gasteiger partial charge in [0.05, 0.1) is 7.11 Å². The van der Waals surface area contributed by atoms with Crippen LogP contribution in [0.2, 0.25) is 0 Å². The molecule has 0 bridgehead atoms. The van der Waals surface area contributed by atoms with Crippen molar-refractivity contribution in [2.45, 2.75) is 6.04 Å². The minimum atomic E-state index is -0.531. The van der Waals surface area contributed by atoms with E-state index in [1.807, 2.05) is 0 Å². The van der Waals surface area contributed by atoms with Crippen molar-refractivity contribution in [2.24, 2.45) is 5.73 Å². The lowest BCUT2D eigenvalue weighted by molar-refractivity contribution is -0.141. The van der Waals surface area contributed by atoms with Crippen molar-refractivity contribution in [2.75, 3.05) is 12.9 Å². The third kappa shape index (κ3) is 2.18. The van der Waals surface area contributed by atoms with E-state index < -0.39 is 6.04 Å². The first kappa shape index (κ1) is 7.78. The van der Waals surface area contributed by atoms with Crippen LogP contribution >= 0.6 is 0 Å². The molecule has 0 aliphatic carbocycles. The third-order valence-electron chi connectivity index (χ3n) is 0.724. The zero-order chi connectivity index (χ0) is 6.57. The molecule has 0 saturated carbocycles. The molecule has 0 rings (SSSR count). The highest BCUT2D eigenvalue weighted by Gasteiger charge is 2.12. The van der Waals surface area contributed by atoms with Gasteiger partial charge in [0, 0.05) is 0 Å². The minimum absolute atomic E-state index is 0.389. The maximum Gasteiger partial charge on any atom is 0.327 e. The van der Waals surface area contributed by atoms with E-state index in [4.69, 9.17) is 5.73 Å². The fourth-order valence-corrected chi connectivity index (χ4v) is 0.401. The number of esters is 1. The summed E-state index contributed by atoms with van der Waals surface area (Å²) in [6.07, 6.45) is 0. The highest BCUT2D eigenvalue weighted by Crippen LogP contribution is 1.79. The smallest absolute Gasteiger partial charge is 0.327 e. The first-order chi connectivity index (χ1) is 3.72. The van der Waals surface area contributed by atoms with Crippen LogP contribution in [0.3, 0.4) is 0 Å². The number of carbonyl (C=O) groups excluding carboxylic acids is 1. The van der Waals surface area contributed by atoms with Gasteiger partial charge in [0.2, 0.25) is 0 Å². The Labute approximate surface area is 53.6 Å². The second kappa shape index (κ2) is 3.74. The fraction of sp³-hybridized carbons (Fsp3) is 0.750. The van der Waals surface area contributed by atoms with E-state index >= 15 is 0 Å². The van der Waals surface area contributed by atoms with Gasteiger partial charge in [-0.15, -0.1) is 0 Å². The number of hydrogen-bond donors (Lipinski definition) is 1. The molecule has 48 valence electrons. The number of rotatable bonds is 2. The number of carbonyl (C=O) groups is 1. The highest BCUT2D eigenvalue weighted by atomic mass is 32.1. The Hall–Kier alpha value is -0.220. The molecule has 0 aromatic carbocycles. The predicted octanol–water partition coefficient (Wildman–Crippen LogP) is -1.50. The second-order valence-corrected chi connectivity index (χ2v) is 1.74. The standard InChI is InChI=1S/C4H9NO2S/c1-7-4(6)3(5)2-8/h3,8H,2,5H2,1H3/p+1/t3-/m0/s1. The van der Waals surface area contributed by atoms with E-state index in [1.165, 1.54) is 7.11 Å². The molecular weight excluding hydrogens is 126 g/mol. The summed E-state index contributed by atoms with van der Waals surface area (Å²) < 4.78 is 4.31. The molecule has 0 saturated heterocycles. The van der Waals surface area contributed by atoms with E-state index in [1.54, 1.807) is 0 Å². The van der Waals surface area contributed by atoms with Crippen molar-refractivity contribution in [3.63, 3.8) is 0 Å². The lowest BCUT2D eigenvalue weighted by Crippen LogP contribution is -2.34. The quantitative estimate of drug-likeness (QED) is 0.371. The predicted molar refractivity (Wildman–Crippen MR) is 35.0 cm³/mol. The van der Waals surface area contributed by atoms with Crippen LogP contribution < -0.4 is 5.73 Å². The van der Waals surface area contributed by atoms with E-state index in [9.17, 15) is 4.79 Å². The molecule has 3 nitrogen and oxygen atoms in total. The summed E-state index contributed by atoms with van der Waals surface area (Å²) in [4.78, 5) is 10.4. The molecule has 2 N–H and O–H groups in total. The van der Waals surface area contributed by atoms with E-state index in [0.29, 0.717) is 5.75 Å². The summed E-state index contributed by atoms with van der Waals surface area (Å²) in [5, 5.41) is 0. The van der Waals surface area contributed by atoms with Gasteiger partial charge >= 0.3 is 5.97 Å². The van der Waals surface area contributed by atoms with Gasteiger partial charge < -0.3 is 10.5 Å². The molecule has 8 heavy (non-hydrogen) atoms. The molecule has 0 aromatic heterocycles. The van der Waals surface area contributed by atoms with Crippen LogP contribution in [0.4, 0.5) is 0 Å². The fourth-order valence-electron chi connectivity index (χ4n) is 0.235. The van der Waals surface area contributed by atoms with Gasteiger partial charge in [-0.25, -0.2) is 0 Å². The maximum atomic E-state index is 10.4. The van der Waals surface area contributed by atoms with Gasteiger partial charge in [-0.1, -0.05) is 0 Å². The Balaban J connectivity index is 3.46. The van der Waals surface area contributed by atoms with Crippen LogP contribution in [0, 0.1) is 0 Å². The molecule has 0 spiro atoms. The van der Waals surface area contributed by atoms with Gasteiger partial charge in [-0.05, 0) is 12.6 Å². The molecular formula is C4H10NO2S+. The molecule has 1 atom stereocenters. The van der Waals surface area contributed by atoms with Crippen molar-refractivity contribution >= 4 is 18.6 Å². The van der Waals surface area contributed by atoms with Crippen molar-refractivity contribution in [1.82, 2.24) is 0 Å². The van der Waals surface area contributed by atoms with Crippen LogP contribution in [-0.4, -0.2) is 24.9 Å². The number of hydrogen-bond acceptors (Lipinski definition) is 3. The average molecular weight is 136 g/mol. The topological polar surface area (TPSA) is 52.3 Å². The summed E-state index contributed by atoms with van der Waals surface area (Å²) in [5.41, 5.74) is 5.20. The van der Waals surface area contributed by atoms with Crippen LogP contribution in [0.1, 0.15) is 0 Å². The van der Waals surface area contributed by atoms with E-state index in [-0.39, 0.29) is 5.97 Å². The summed E-state index contributed by atoms with van der Waals surface area (Å²) in [6, 6.07) is -0.531. The van der Waals surface area contributed by atoms with Crippen LogP contribution in [0.5, 0.6) is 0 Å². The van der Waals surface area contributed by atoms with Crippen molar-refractivity contribution in [3.05, 3.63) is 0 Å². The third-order valence-corrected chi connectivity index (χ3v) is 1.16. The minimum Gasteiger partial charge on any atom is -0.468 e. The maximum absolute atomic E-state index is 10.4. The van der Waals surface area contributed by atoms with Crippen molar-refractivity contribution in [3.8, 4) is 0 Å². The number of ether oxygens (including phenoxy) is 1. The Morgan fingerprint density at radius 2 is 2.50 bits per heavy atom. The second-order valence-electron chi connectivity index (χ2n) is 1.33. The Kier molecular flexibility index (Phi) is 3.64. The van der Waals surface area contributed by atoms with Crippen molar-refractivity contribution < 1.29 is 9.53 Å². The van der Waals surface area contributed by atoms with Crippen LogP contribution in [0.15, 0.2) is 0 Å². The Morgan fingerprint density at radius 1 is 2.00 bits per heavy atom. The number of nitrogens with two attached hydrogens (primary N) is 1. The van der Waals surface area contributed by atoms with Gasteiger partial charge in [-0.2, -0.15) is 0 Å². The Morgan fingerprint density at radius 3 is 2.62 bits per heavy atom. The molecule has 0 heterocycles. The molecule has 0 fully saturated rings. The lowest BCUT2D eigenvalue weighted by atomic mass is 10.4. The molecule has 4 heteroatoms. The zero-order valence-electron chi connectivity index (χ0n) is 4.68. The molecule has 0 aliphatic heterocycles. The zero-order valence-corrected chi connectivity index (χ0v) is 5.68. The van der Waals surface area contributed by atoms with Crippen LogP contribution in [0.25, 0.3) is 0 Å². The molecule has 0 amide bonds. The Bertz CT molecular complexity index is 86.1. The van der Waals surface area contributed by atoms with Crippen LogP contribution in [-0.2, 0) is 22.2 Å². The molecule has 0 unspecified atom stereocenters. The largest absolute Gasteiger partial charge is 0.468 e. The number of methoxy groups -OCH3 is 1. The van der Waals surface area contributed by atoms with Gasteiger partial charge in [0.15, 0.2) is 0 Å². The summed E-state index contributed by atoms with van der Waals surface area (Å²) in [7, 11) is 1.31. The first-order valence-electron chi connectivity index (χ1n) is 2.20. The lowest BCUT2D eigenvalue weighted by Gasteiger charge is -1.99. The summed E-state index contributed by atoms with van der Waals surface area (Å²) in [5.74, 6) is 0.0483. The molecule has 0 aromatic rings. The van der Waals surface area contributed by atoms with Crippen molar-refractivity contribution in [1.29, 1.82) is 0 Å². The summed E-state index contributed by atoms with van der Waals surface area (Å²) in [6.45, 7) is 0. The van der Waals surface area contributed by atoms with Gasteiger partial charge in [0.25, 0.3) is 0 Å². The molecule has 0 radical (unpaired) electrons. The highest BCUT2D eigenvalue weighted by molar-refractivity contribution is 7.58. The SMILES string of the molecule is COC(=O)[C@@H](N)C[SH2+]. The normalized spacial score (nSPS) is 12.9. The monoisotopic (exact) mass is 136 g/mol. The molecule has 0 aliphatic rings. The first-order valence-corrected chi connectivity index (χ1v) is 2.91.